The second-order valence-electron chi connectivity index (χ2n) is 5.70. The van der Waals surface area contributed by atoms with E-state index in [1.165, 1.54) is 24.3 Å². The molecule has 0 aliphatic carbocycles. The lowest BCUT2D eigenvalue weighted by Gasteiger charge is -2.24. The van der Waals surface area contributed by atoms with E-state index in [1.807, 2.05) is 6.07 Å². The van der Waals surface area contributed by atoms with Crippen molar-refractivity contribution in [3.05, 3.63) is 64.1 Å². The van der Waals surface area contributed by atoms with Crippen LogP contribution in [-0.4, -0.2) is 35.0 Å². The van der Waals surface area contributed by atoms with Crippen molar-refractivity contribution in [2.45, 2.75) is 25.5 Å². The predicted molar refractivity (Wildman–Crippen MR) is 85.5 cm³/mol. The van der Waals surface area contributed by atoms with Crippen LogP contribution in [0.15, 0.2) is 47.1 Å². The topological polar surface area (TPSA) is 85.8 Å². The number of non-ortho nitro benzene ring substituents is 1. The van der Waals surface area contributed by atoms with Crippen LogP contribution in [0.4, 0.5) is 5.69 Å². The molecule has 2 aromatic rings. The van der Waals surface area contributed by atoms with E-state index in [4.69, 9.17) is 9.15 Å². The van der Waals surface area contributed by atoms with Gasteiger partial charge in [-0.05, 0) is 37.1 Å². The molecule has 0 unspecified atom stereocenters. The minimum absolute atomic E-state index is 0.0157. The number of rotatable bonds is 6. The van der Waals surface area contributed by atoms with Gasteiger partial charge in [0.2, 0.25) is 0 Å². The quantitative estimate of drug-likeness (QED) is 0.600. The number of ether oxygens (including phenoxy) is 1. The average Bonchev–Trinajstić information content (AvgIpc) is 3.27. The first-order chi connectivity index (χ1) is 11.6. The van der Waals surface area contributed by atoms with Gasteiger partial charge < -0.3 is 14.1 Å². The predicted octanol–water partition coefficient (Wildman–Crippen LogP) is 3.01. The van der Waals surface area contributed by atoms with Crippen molar-refractivity contribution in [1.82, 2.24) is 4.90 Å². The molecule has 2 heterocycles. The Morgan fingerprint density at radius 3 is 2.67 bits per heavy atom. The van der Waals surface area contributed by atoms with Crippen LogP contribution in [0, 0.1) is 10.1 Å². The summed E-state index contributed by atoms with van der Waals surface area (Å²) in [6, 6.07) is 9.21. The normalized spacial score (nSPS) is 16.9. The van der Waals surface area contributed by atoms with Crippen LogP contribution in [0.25, 0.3) is 0 Å². The van der Waals surface area contributed by atoms with Gasteiger partial charge in [-0.2, -0.15) is 0 Å². The van der Waals surface area contributed by atoms with E-state index >= 15 is 0 Å². The fourth-order valence-electron chi connectivity index (χ4n) is 2.75. The van der Waals surface area contributed by atoms with Crippen molar-refractivity contribution in [2.75, 3.05) is 13.2 Å². The van der Waals surface area contributed by atoms with Crippen LogP contribution in [0.3, 0.4) is 0 Å². The van der Waals surface area contributed by atoms with Crippen molar-refractivity contribution in [2.24, 2.45) is 0 Å². The van der Waals surface area contributed by atoms with E-state index in [1.54, 1.807) is 17.2 Å². The lowest BCUT2D eigenvalue weighted by Crippen LogP contribution is -2.36. The number of nitro benzene ring substituents is 1. The second kappa shape index (κ2) is 7.27. The zero-order chi connectivity index (χ0) is 16.9. The van der Waals surface area contributed by atoms with Crippen molar-refractivity contribution in [3.8, 4) is 0 Å². The molecule has 0 saturated carbocycles. The summed E-state index contributed by atoms with van der Waals surface area (Å²) in [5, 5.41) is 10.7. The molecule has 1 aromatic heterocycles. The third-order valence-electron chi connectivity index (χ3n) is 3.99. The summed E-state index contributed by atoms with van der Waals surface area (Å²) < 4.78 is 11.0. The van der Waals surface area contributed by atoms with Crippen LogP contribution in [-0.2, 0) is 11.3 Å². The molecule has 0 N–H and O–H groups in total. The molecule has 1 aromatic carbocycles. The maximum absolute atomic E-state index is 12.8. The third kappa shape index (κ3) is 3.80. The van der Waals surface area contributed by atoms with Crippen LogP contribution >= 0.6 is 0 Å². The Balaban J connectivity index is 1.77. The van der Waals surface area contributed by atoms with E-state index in [-0.39, 0.29) is 17.7 Å². The highest BCUT2D eigenvalue weighted by Crippen LogP contribution is 2.19. The summed E-state index contributed by atoms with van der Waals surface area (Å²) in [6.07, 6.45) is 3.49. The zero-order valence-corrected chi connectivity index (χ0v) is 13.1. The molecule has 1 atom stereocenters. The molecule has 7 heteroatoms. The summed E-state index contributed by atoms with van der Waals surface area (Å²) in [7, 11) is 0. The smallest absolute Gasteiger partial charge is 0.269 e. The zero-order valence-electron chi connectivity index (χ0n) is 13.1. The third-order valence-corrected chi connectivity index (χ3v) is 3.99. The molecule has 0 radical (unpaired) electrons. The van der Waals surface area contributed by atoms with Crippen LogP contribution in [0.2, 0.25) is 0 Å². The summed E-state index contributed by atoms with van der Waals surface area (Å²) in [5.74, 6) is 0.486. The van der Waals surface area contributed by atoms with E-state index in [2.05, 4.69) is 0 Å². The average molecular weight is 330 g/mol. The molecular formula is C17H18N2O5. The van der Waals surface area contributed by atoms with Crippen LogP contribution < -0.4 is 0 Å². The SMILES string of the molecule is O=C(c1ccc([N+](=O)[O-])cc1)N(Cc1ccco1)C[C@@H]1CCCO1. The van der Waals surface area contributed by atoms with Gasteiger partial charge in [-0.25, -0.2) is 0 Å². The van der Waals surface area contributed by atoms with Gasteiger partial charge in [-0.1, -0.05) is 0 Å². The summed E-state index contributed by atoms with van der Waals surface area (Å²) >= 11 is 0. The summed E-state index contributed by atoms with van der Waals surface area (Å²) in [4.78, 5) is 24.7. The van der Waals surface area contributed by atoms with E-state index in [9.17, 15) is 14.9 Å². The van der Waals surface area contributed by atoms with Gasteiger partial charge in [-0.15, -0.1) is 0 Å². The van der Waals surface area contributed by atoms with Gasteiger partial charge in [0.05, 0.1) is 23.8 Å². The Kier molecular flexibility index (Phi) is 4.90. The van der Waals surface area contributed by atoms with Crippen LogP contribution in [0.1, 0.15) is 29.0 Å². The van der Waals surface area contributed by atoms with Gasteiger partial charge in [0.25, 0.3) is 11.6 Å². The first-order valence-corrected chi connectivity index (χ1v) is 7.81. The van der Waals surface area contributed by atoms with Crippen LogP contribution in [0.5, 0.6) is 0 Å². The Labute approximate surface area is 139 Å². The monoisotopic (exact) mass is 330 g/mol. The second-order valence-corrected chi connectivity index (χ2v) is 5.70. The maximum Gasteiger partial charge on any atom is 0.269 e. The van der Waals surface area contributed by atoms with E-state index < -0.39 is 4.92 Å². The van der Waals surface area contributed by atoms with Crippen molar-refractivity contribution in [3.63, 3.8) is 0 Å². The molecule has 1 amide bonds. The molecule has 0 bridgehead atoms. The Morgan fingerprint density at radius 2 is 2.08 bits per heavy atom. The molecule has 1 aliphatic heterocycles. The van der Waals surface area contributed by atoms with Gasteiger partial charge in [0.1, 0.15) is 5.76 Å². The Hall–Kier alpha value is -2.67. The number of benzene rings is 1. The number of nitrogens with zero attached hydrogens (tertiary/aromatic N) is 2. The number of amides is 1. The molecule has 1 saturated heterocycles. The number of nitro groups is 1. The standard InChI is InChI=1S/C17H18N2O5/c20-17(13-5-7-14(8-6-13)19(21)22)18(11-15-3-1-9-23-15)12-16-4-2-10-24-16/h1,3,5-9,16H,2,4,10-12H2/t16-/m0/s1. The highest BCUT2D eigenvalue weighted by Gasteiger charge is 2.24. The van der Waals surface area contributed by atoms with Gasteiger partial charge in [-0.3, -0.25) is 14.9 Å². The van der Waals surface area contributed by atoms with E-state index in [0.717, 1.165) is 12.8 Å². The first kappa shape index (κ1) is 16.2. The minimum Gasteiger partial charge on any atom is -0.467 e. The van der Waals surface area contributed by atoms with Gasteiger partial charge in [0, 0.05) is 30.8 Å². The van der Waals surface area contributed by atoms with Crippen molar-refractivity contribution < 1.29 is 18.9 Å². The van der Waals surface area contributed by atoms with Gasteiger partial charge >= 0.3 is 0 Å². The number of hydrogen-bond acceptors (Lipinski definition) is 5. The molecule has 24 heavy (non-hydrogen) atoms. The Bertz CT molecular complexity index is 690. The van der Waals surface area contributed by atoms with E-state index in [0.29, 0.717) is 31.0 Å². The number of carbonyl (C=O) groups is 1. The largest absolute Gasteiger partial charge is 0.467 e. The Morgan fingerprint density at radius 1 is 1.29 bits per heavy atom. The fourth-order valence-corrected chi connectivity index (χ4v) is 2.75. The lowest BCUT2D eigenvalue weighted by atomic mass is 10.1. The highest BCUT2D eigenvalue weighted by molar-refractivity contribution is 5.94. The molecule has 1 aliphatic rings. The highest BCUT2D eigenvalue weighted by atomic mass is 16.6. The summed E-state index contributed by atoms with van der Waals surface area (Å²) in [6.45, 7) is 1.52. The molecule has 1 fully saturated rings. The molecule has 126 valence electrons. The minimum atomic E-state index is -0.485. The molecular weight excluding hydrogens is 312 g/mol. The molecule has 7 nitrogen and oxygen atoms in total. The summed E-state index contributed by atoms with van der Waals surface area (Å²) in [5.41, 5.74) is 0.369. The molecule has 3 rings (SSSR count). The molecule has 0 spiro atoms. The number of hydrogen-bond donors (Lipinski definition) is 0. The number of carbonyl (C=O) groups excluding carboxylic acids is 1. The lowest BCUT2D eigenvalue weighted by molar-refractivity contribution is -0.384. The number of furan rings is 1. The first-order valence-electron chi connectivity index (χ1n) is 7.81. The van der Waals surface area contributed by atoms with Crippen molar-refractivity contribution >= 4 is 11.6 Å². The van der Waals surface area contributed by atoms with Crippen molar-refractivity contribution in [1.29, 1.82) is 0 Å². The van der Waals surface area contributed by atoms with Gasteiger partial charge in [0.15, 0.2) is 0 Å². The maximum atomic E-state index is 12.8. The fraction of sp³-hybridized carbons (Fsp3) is 0.353.